The van der Waals surface area contributed by atoms with E-state index in [0.29, 0.717) is 11.5 Å². The highest BCUT2D eigenvalue weighted by Crippen LogP contribution is 2.41. The Balaban J connectivity index is 2.03. The molecule has 0 aromatic carbocycles. The van der Waals surface area contributed by atoms with Crippen molar-refractivity contribution < 1.29 is 0 Å². The Morgan fingerprint density at radius 3 is 2.19 bits per heavy atom. The van der Waals surface area contributed by atoms with Crippen molar-refractivity contribution in [3.8, 4) is 0 Å². The molecular weight excluding hydrogens is 194 g/mol. The highest BCUT2D eigenvalue weighted by molar-refractivity contribution is 4.89. The highest BCUT2D eigenvalue weighted by Gasteiger charge is 2.34. The second kappa shape index (κ2) is 7.32. The number of rotatable bonds is 8. The zero-order valence-electron chi connectivity index (χ0n) is 11.4. The Labute approximate surface area is 102 Å². The fourth-order valence-corrected chi connectivity index (χ4v) is 3.05. The number of unbranched alkanes of at least 4 members (excludes halogenated alkanes) is 5. The van der Waals surface area contributed by atoms with Gasteiger partial charge in [0.05, 0.1) is 0 Å². The van der Waals surface area contributed by atoms with Gasteiger partial charge in [0.1, 0.15) is 0 Å². The summed E-state index contributed by atoms with van der Waals surface area (Å²) in [7, 11) is 0. The van der Waals surface area contributed by atoms with E-state index in [2.05, 4.69) is 13.8 Å². The van der Waals surface area contributed by atoms with E-state index in [4.69, 9.17) is 5.73 Å². The second-order valence-corrected chi connectivity index (χ2v) is 6.02. The Morgan fingerprint density at radius 2 is 1.56 bits per heavy atom. The summed E-state index contributed by atoms with van der Waals surface area (Å²) in [5.74, 6) is 0. The van der Waals surface area contributed by atoms with Gasteiger partial charge in [-0.1, -0.05) is 65.2 Å². The minimum Gasteiger partial charge on any atom is -0.327 e. The van der Waals surface area contributed by atoms with Gasteiger partial charge in [-0.25, -0.2) is 0 Å². The van der Waals surface area contributed by atoms with Crippen molar-refractivity contribution >= 4 is 0 Å². The van der Waals surface area contributed by atoms with Crippen LogP contribution in [0.25, 0.3) is 0 Å². The molecule has 1 rings (SSSR count). The molecule has 1 aliphatic rings. The topological polar surface area (TPSA) is 26.0 Å². The van der Waals surface area contributed by atoms with Crippen LogP contribution in [0.4, 0.5) is 0 Å². The van der Waals surface area contributed by atoms with Crippen molar-refractivity contribution in [1.82, 2.24) is 0 Å². The summed E-state index contributed by atoms with van der Waals surface area (Å²) in [5, 5.41) is 0. The van der Waals surface area contributed by atoms with E-state index in [0.717, 1.165) is 0 Å². The summed E-state index contributed by atoms with van der Waals surface area (Å²) < 4.78 is 0. The van der Waals surface area contributed by atoms with E-state index in [-0.39, 0.29) is 0 Å². The lowest BCUT2D eigenvalue weighted by Gasteiger charge is -2.31. The van der Waals surface area contributed by atoms with Crippen LogP contribution in [0, 0.1) is 5.41 Å². The molecule has 96 valence electrons. The lowest BCUT2D eigenvalue weighted by molar-refractivity contribution is 0.246. The van der Waals surface area contributed by atoms with Gasteiger partial charge in [0.25, 0.3) is 0 Å². The molecule has 1 saturated carbocycles. The molecule has 1 unspecified atom stereocenters. The summed E-state index contributed by atoms with van der Waals surface area (Å²) in [5.41, 5.74) is 6.83. The predicted molar refractivity (Wildman–Crippen MR) is 72.5 cm³/mol. The zero-order valence-corrected chi connectivity index (χ0v) is 11.4. The van der Waals surface area contributed by atoms with Gasteiger partial charge in [0, 0.05) is 6.04 Å². The molecule has 16 heavy (non-hydrogen) atoms. The molecule has 1 heteroatoms. The summed E-state index contributed by atoms with van der Waals surface area (Å²) in [6.07, 6.45) is 15.1. The van der Waals surface area contributed by atoms with Gasteiger partial charge >= 0.3 is 0 Å². The van der Waals surface area contributed by atoms with Gasteiger partial charge in [0.2, 0.25) is 0 Å². The van der Waals surface area contributed by atoms with Crippen molar-refractivity contribution in [2.24, 2.45) is 11.1 Å². The van der Waals surface area contributed by atoms with Gasteiger partial charge in [-0.2, -0.15) is 0 Å². The van der Waals surface area contributed by atoms with Gasteiger partial charge in [-0.15, -0.1) is 0 Å². The molecule has 0 amide bonds. The summed E-state index contributed by atoms with van der Waals surface area (Å²) in [6, 6.07) is 0.459. The molecule has 2 N–H and O–H groups in total. The van der Waals surface area contributed by atoms with E-state index in [9.17, 15) is 0 Å². The van der Waals surface area contributed by atoms with Crippen molar-refractivity contribution in [3.05, 3.63) is 0 Å². The Bertz CT molecular complexity index is 170. The maximum Gasteiger partial charge on any atom is 0.00929 e. The van der Waals surface area contributed by atoms with E-state index in [1.54, 1.807) is 0 Å². The van der Waals surface area contributed by atoms with Crippen molar-refractivity contribution in [2.75, 3.05) is 0 Å². The number of hydrogen-bond acceptors (Lipinski definition) is 1. The maximum atomic E-state index is 6.35. The molecule has 0 aliphatic heterocycles. The van der Waals surface area contributed by atoms with Crippen LogP contribution in [0.15, 0.2) is 0 Å². The fraction of sp³-hybridized carbons (Fsp3) is 1.00. The normalized spacial score (nSPS) is 21.2. The van der Waals surface area contributed by atoms with Gasteiger partial charge in [-0.3, -0.25) is 0 Å². The lowest BCUT2D eigenvalue weighted by Crippen LogP contribution is -2.37. The maximum absolute atomic E-state index is 6.35. The molecule has 0 spiro atoms. The largest absolute Gasteiger partial charge is 0.327 e. The average Bonchev–Trinajstić information content (AvgIpc) is 2.71. The van der Waals surface area contributed by atoms with Crippen LogP contribution in [-0.2, 0) is 0 Å². The van der Waals surface area contributed by atoms with Crippen LogP contribution < -0.4 is 5.73 Å². The molecule has 0 radical (unpaired) electrons. The molecule has 0 aromatic heterocycles. The fourth-order valence-electron chi connectivity index (χ4n) is 3.05. The molecule has 1 nitrogen and oxygen atoms in total. The van der Waals surface area contributed by atoms with Crippen molar-refractivity contribution in [2.45, 2.75) is 90.5 Å². The minimum absolute atomic E-state index is 0.459. The standard InChI is InChI=1S/C15H31N/c1-3-4-5-6-7-8-11-14(16)15(2)12-9-10-13-15/h14H,3-13,16H2,1-2H3. The summed E-state index contributed by atoms with van der Waals surface area (Å²) in [4.78, 5) is 0. The van der Waals surface area contributed by atoms with Gasteiger partial charge < -0.3 is 5.73 Å². The molecule has 0 aromatic rings. The SMILES string of the molecule is CCCCCCCCC(N)C1(C)CCCC1. The number of hydrogen-bond donors (Lipinski definition) is 1. The smallest absolute Gasteiger partial charge is 0.00929 e. The van der Waals surface area contributed by atoms with Crippen LogP contribution in [0.5, 0.6) is 0 Å². The molecule has 0 bridgehead atoms. The van der Waals surface area contributed by atoms with E-state index in [1.165, 1.54) is 70.6 Å². The lowest BCUT2D eigenvalue weighted by atomic mass is 9.79. The molecule has 1 fully saturated rings. The van der Waals surface area contributed by atoms with Crippen LogP contribution in [0.3, 0.4) is 0 Å². The Kier molecular flexibility index (Phi) is 6.41. The third kappa shape index (κ3) is 4.45. The van der Waals surface area contributed by atoms with Crippen molar-refractivity contribution in [1.29, 1.82) is 0 Å². The highest BCUT2D eigenvalue weighted by atomic mass is 14.7. The minimum atomic E-state index is 0.459. The summed E-state index contributed by atoms with van der Waals surface area (Å²) >= 11 is 0. The van der Waals surface area contributed by atoms with Crippen LogP contribution in [-0.4, -0.2) is 6.04 Å². The molecule has 0 saturated heterocycles. The molecule has 1 atom stereocenters. The van der Waals surface area contributed by atoms with Gasteiger partial charge in [0.15, 0.2) is 0 Å². The first-order valence-corrected chi connectivity index (χ1v) is 7.44. The van der Waals surface area contributed by atoms with Crippen LogP contribution in [0.2, 0.25) is 0 Å². The third-order valence-corrected chi connectivity index (χ3v) is 4.51. The quantitative estimate of drug-likeness (QED) is 0.598. The summed E-state index contributed by atoms with van der Waals surface area (Å²) in [6.45, 7) is 4.68. The van der Waals surface area contributed by atoms with Gasteiger partial charge in [-0.05, 0) is 24.7 Å². The molecular formula is C15H31N. The predicted octanol–water partition coefficient (Wildman–Crippen LogP) is 4.64. The van der Waals surface area contributed by atoms with Crippen LogP contribution in [0.1, 0.15) is 84.5 Å². The monoisotopic (exact) mass is 225 g/mol. The van der Waals surface area contributed by atoms with E-state index in [1.807, 2.05) is 0 Å². The average molecular weight is 225 g/mol. The first-order valence-electron chi connectivity index (χ1n) is 7.44. The first kappa shape index (κ1) is 14.0. The second-order valence-electron chi connectivity index (χ2n) is 6.02. The third-order valence-electron chi connectivity index (χ3n) is 4.51. The van der Waals surface area contributed by atoms with Crippen molar-refractivity contribution in [3.63, 3.8) is 0 Å². The van der Waals surface area contributed by atoms with E-state index >= 15 is 0 Å². The molecule has 0 heterocycles. The Hall–Kier alpha value is -0.0400. The van der Waals surface area contributed by atoms with E-state index < -0.39 is 0 Å². The zero-order chi connectivity index (χ0) is 11.9. The Morgan fingerprint density at radius 1 is 1.00 bits per heavy atom. The number of nitrogens with two attached hydrogens (primary N) is 1. The van der Waals surface area contributed by atoms with Crippen LogP contribution >= 0.6 is 0 Å². The molecule has 1 aliphatic carbocycles. The first-order chi connectivity index (χ1) is 7.69.